The fourth-order valence-electron chi connectivity index (χ4n) is 3.84. The fourth-order valence-corrected chi connectivity index (χ4v) is 3.84. The molecule has 6 heteroatoms. The van der Waals surface area contributed by atoms with Crippen LogP contribution in [0.15, 0.2) is 47.1 Å². The van der Waals surface area contributed by atoms with E-state index in [9.17, 15) is 4.39 Å². The molecule has 0 N–H and O–H groups in total. The topological polar surface area (TPSA) is 42.8 Å². The third-order valence-electron chi connectivity index (χ3n) is 5.35. The van der Waals surface area contributed by atoms with Crippen molar-refractivity contribution in [2.24, 2.45) is 7.05 Å². The van der Waals surface area contributed by atoms with Gasteiger partial charge in [-0.25, -0.2) is 8.96 Å². The summed E-state index contributed by atoms with van der Waals surface area (Å²) >= 11 is 0. The zero-order valence-corrected chi connectivity index (χ0v) is 15.5. The highest BCUT2D eigenvalue weighted by molar-refractivity contribution is 6.11. The second-order valence-electron chi connectivity index (χ2n) is 6.95. The Hall–Kier alpha value is -3.41. The molecule has 0 spiro atoms. The second-order valence-corrected chi connectivity index (χ2v) is 6.95. The molecule has 0 fully saturated rings. The lowest BCUT2D eigenvalue weighted by Gasteiger charge is -2.12. The number of nitrogens with zero attached hydrogens (tertiary/aromatic N) is 3. The summed E-state index contributed by atoms with van der Waals surface area (Å²) in [5.41, 5.74) is 4.17. The van der Waals surface area contributed by atoms with Crippen LogP contribution in [0.2, 0.25) is 0 Å². The van der Waals surface area contributed by atoms with Crippen LogP contribution in [0.1, 0.15) is 11.1 Å². The van der Waals surface area contributed by atoms with E-state index in [1.807, 2.05) is 42.8 Å². The van der Waals surface area contributed by atoms with Crippen molar-refractivity contribution in [3.63, 3.8) is 0 Å². The van der Waals surface area contributed by atoms with Crippen LogP contribution in [-0.2, 0) is 7.05 Å². The molecule has 0 aliphatic rings. The standard InChI is InChI=1S/C22H16F2N3O/c1-11-12(2)19(24)18-14-8-9-16(23)26-22(14)28-21(18)17(11)20-13-6-4-5-7-15(13)25-10-27(20)3/h4-10H,1-3H3/q+1. The Labute approximate surface area is 159 Å². The monoisotopic (exact) mass is 376 g/mol. The third-order valence-corrected chi connectivity index (χ3v) is 5.35. The van der Waals surface area contributed by atoms with E-state index in [0.717, 1.165) is 27.7 Å². The van der Waals surface area contributed by atoms with Crippen LogP contribution >= 0.6 is 0 Å². The van der Waals surface area contributed by atoms with E-state index in [-0.39, 0.29) is 11.5 Å². The number of pyridine rings is 1. The minimum atomic E-state index is -0.665. The van der Waals surface area contributed by atoms with Gasteiger partial charge in [-0.3, -0.25) is 0 Å². The summed E-state index contributed by atoms with van der Waals surface area (Å²) in [5.74, 6) is -1.04. The first-order chi connectivity index (χ1) is 13.5. The number of fused-ring (bicyclic) bond motifs is 4. The van der Waals surface area contributed by atoms with Gasteiger partial charge in [-0.2, -0.15) is 9.37 Å². The average Bonchev–Trinajstić information content (AvgIpc) is 3.06. The molecule has 5 aromatic rings. The van der Waals surface area contributed by atoms with Gasteiger partial charge < -0.3 is 4.42 Å². The molecular formula is C22H16F2N3O+. The quantitative estimate of drug-likeness (QED) is 0.308. The highest BCUT2D eigenvalue weighted by Crippen LogP contribution is 2.41. The van der Waals surface area contributed by atoms with Gasteiger partial charge in [-0.05, 0) is 54.2 Å². The average molecular weight is 376 g/mol. The molecule has 4 nitrogen and oxygen atoms in total. The maximum Gasteiger partial charge on any atom is 0.287 e. The molecule has 2 aromatic carbocycles. The number of para-hydroxylation sites is 1. The minimum absolute atomic E-state index is 0.0844. The van der Waals surface area contributed by atoms with Crippen LogP contribution < -0.4 is 4.57 Å². The summed E-state index contributed by atoms with van der Waals surface area (Å²) < 4.78 is 36.7. The fraction of sp³-hybridized carbons (Fsp3) is 0.136. The summed E-state index contributed by atoms with van der Waals surface area (Å²) in [6.45, 7) is 3.61. The predicted molar refractivity (Wildman–Crippen MR) is 103 cm³/mol. The van der Waals surface area contributed by atoms with Crippen molar-refractivity contribution in [1.82, 2.24) is 9.97 Å². The lowest BCUT2D eigenvalue weighted by Crippen LogP contribution is -2.32. The van der Waals surface area contributed by atoms with Crippen molar-refractivity contribution in [1.29, 1.82) is 0 Å². The molecule has 0 saturated heterocycles. The van der Waals surface area contributed by atoms with Crippen molar-refractivity contribution in [3.05, 3.63) is 65.6 Å². The summed E-state index contributed by atoms with van der Waals surface area (Å²) in [4.78, 5) is 8.28. The van der Waals surface area contributed by atoms with Gasteiger partial charge in [0.1, 0.15) is 11.5 Å². The number of furan rings is 1. The Bertz CT molecular complexity index is 1420. The van der Waals surface area contributed by atoms with E-state index in [1.54, 1.807) is 13.3 Å². The van der Waals surface area contributed by atoms with E-state index in [4.69, 9.17) is 4.42 Å². The molecule has 0 aliphatic heterocycles. The largest absolute Gasteiger partial charge is 0.437 e. The molecule has 3 heterocycles. The van der Waals surface area contributed by atoms with Gasteiger partial charge in [0.05, 0.1) is 28.8 Å². The highest BCUT2D eigenvalue weighted by Gasteiger charge is 2.27. The van der Waals surface area contributed by atoms with Gasteiger partial charge in [0, 0.05) is 0 Å². The van der Waals surface area contributed by atoms with Crippen LogP contribution in [0.5, 0.6) is 0 Å². The first kappa shape index (κ1) is 16.7. The lowest BCUT2D eigenvalue weighted by molar-refractivity contribution is -0.662. The molecule has 0 unspecified atom stereocenters. The second kappa shape index (κ2) is 5.79. The number of benzene rings is 2. The summed E-state index contributed by atoms with van der Waals surface area (Å²) in [6.07, 6.45) is 1.72. The third kappa shape index (κ3) is 2.17. The number of hydrogen-bond acceptors (Lipinski definition) is 3. The van der Waals surface area contributed by atoms with Gasteiger partial charge >= 0.3 is 0 Å². The van der Waals surface area contributed by atoms with E-state index >= 15 is 4.39 Å². The van der Waals surface area contributed by atoms with E-state index in [0.29, 0.717) is 21.9 Å². The molecule has 0 amide bonds. The Morgan fingerprint density at radius 1 is 0.964 bits per heavy atom. The number of hydrogen-bond donors (Lipinski definition) is 0. The molecular weight excluding hydrogens is 360 g/mol. The van der Waals surface area contributed by atoms with Gasteiger partial charge in [0.2, 0.25) is 11.7 Å². The SMILES string of the molecule is Cc1c(C)c(F)c2c(oc3nc(F)ccc32)c1-c1c2ccccc2nc[n+]1C. The molecule has 0 aliphatic carbocycles. The molecule has 138 valence electrons. The normalized spacial score (nSPS) is 11.8. The van der Waals surface area contributed by atoms with Crippen molar-refractivity contribution < 1.29 is 17.8 Å². The van der Waals surface area contributed by atoms with Crippen molar-refractivity contribution in [3.8, 4) is 11.3 Å². The first-order valence-corrected chi connectivity index (χ1v) is 8.88. The zero-order valence-electron chi connectivity index (χ0n) is 15.5. The maximum atomic E-state index is 15.2. The lowest BCUT2D eigenvalue weighted by atomic mass is 9.94. The molecule has 5 rings (SSSR count). The highest BCUT2D eigenvalue weighted by atomic mass is 19.1. The van der Waals surface area contributed by atoms with Crippen molar-refractivity contribution in [2.75, 3.05) is 0 Å². The van der Waals surface area contributed by atoms with E-state index in [2.05, 4.69) is 9.97 Å². The van der Waals surface area contributed by atoms with E-state index < -0.39 is 5.95 Å². The van der Waals surface area contributed by atoms with Gasteiger partial charge in [0.15, 0.2) is 11.1 Å². The Balaban J connectivity index is 2.05. The smallest absolute Gasteiger partial charge is 0.287 e. The molecule has 28 heavy (non-hydrogen) atoms. The minimum Gasteiger partial charge on any atom is -0.437 e. The molecule has 0 bridgehead atoms. The molecule has 0 saturated carbocycles. The summed E-state index contributed by atoms with van der Waals surface area (Å²) in [7, 11) is 1.89. The van der Waals surface area contributed by atoms with E-state index in [1.165, 1.54) is 12.1 Å². The number of halogens is 2. The number of aromatic nitrogens is 3. The van der Waals surface area contributed by atoms with Crippen LogP contribution in [-0.4, -0.2) is 9.97 Å². The van der Waals surface area contributed by atoms with Gasteiger partial charge in [-0.1, -0.05) is 12.1 Å². The number of aryl methyl sites for hydroxylation is 1. The summed E-state index contributed by atoms with van der Waals surface area (Å²) in [5, 5.41) is 1.70. The van der Waals surface area contributed by atoms with Gasteiger partial charge in [-0.15, -0.1) is 0 Å². The zero-order chi connectivity index (χ0) is 19.6. The van der Waals surface area contributed by atoms with Gasteiger partial charge in [0.25, 0.3) is 6.33 Å². The first-order valence-electron chi connectivity index (χ1n) is 8.88. The Kier molecular flexibility index (Phi) is 3.46. The van der Waals surface area contributed by atoms with Crippen LogP contribution in [0, 0.1) is 25.6 Å². The van der Waals surface area contributed by atoms with Crippen LogP contribution in [0.4, 0.5) is 8.78 Å². The molecule has 0 radical (unpaired) electrons. The maximum absolute atomic E-state index is 15.2. The molecule has 0 atom stereocenters. The number of rotatable bonds is 1. The predicted octanol–water partition coefficient (Wildman–Crippen LogP) is 4.92. The van der Waals surface area contributed by atoms with Crippen LogP contribution in [0.25, 0.3) is 44.2 Å². The molecule has 3 aromatic heterocycles. The van der Waals surface area contributed by atoms with Crippen molar-refractivity contribution >= 4 is 33.0 Å². The van der Waals surface area contributed by atoms with Crippen LogP contribution in [0.3, 0.4) is 0 Å². The Morgan fingerprint density at radius 3 is 2.57 bits per heavy atom. The Morgan fingerprint density at radius 2 is 1.75 bits per heavy atom. The summed E-state index contributed by atoms with van der Waals surface area (Å²) in [6, 6.07) is 10.5. The van der Waals surface area contributed by atoms with Crippen molar-refractivity contribution in [2.45, 2.75) is 13.8 Å².